The van der Waals surface area contributed by atoms with Gasteiger partial charge < -0.3 is 20.9 Å². The second-order valence-electron chi connectivity index (χ2n) is 5.49. The first-order valence-electron chi connectivity index (χ1n) is 7.49. The third-order valence-corrected chi connectivity index (χ3v) is 3.84. The summed E-state index contributed by atoms with van der Waals surface area (Å²) < 4.78 is 0. The Morgan fingerprint density at radius 3 is 2.81 bits per heavy atom. The Balaban J connectivity index is 0.00000400. The molecule has 0 aromatic heterocycles. The summed E-state index contributed by atoms with van der Waals surface area (Å²) in [5, 5.41) is 3.40. The Kier molecular flexibility index (Phi) is 10.8. The van der Waals surface area contributed by atoms with Gasteiger partial charge in [0.1, 0.15) is 0 Å². The summed E-state index contributed by atoms with van der Waals surface area (Å²) in [6, 6.07) is 0. The van der Waals surface area contributed by atoms with Gasteiger partial charge in [0.25, 0.3) is 0 Å². The van der Waals surface area contributed by atoms with Crippen molar-refractivity contribution in [3.63, 3.8) is 0 Å². The fourth-order valence-corrected chi connectivity index (χ4v) is 2.56. The molecule has 0 spiro atoms. The number of carbonyl (C=O) groups is 1. The Morgan fingerprint density at radius 2 is 2.24 bits per heavy atom. The summed E-state index contributed by atoms with van der Waals surface area (Å²) >= 11 is 0. The number of primary amides is 1. The standard InChI is InChI=1S/C14H29N5O.HI/c1-4-18(3)9-7-17-14(16-2)19-8-5-6-12(11-19)10-13(15)20;/h12H,4-11H2,1-3H3,(H2,15,20)(H,16,17);1H. The number of piperidine rings is 1. The molecule has 1 heterocycles. The van der Waals surface area contributed by atoms with E-state index in [1.807, 2.05) is 7.05 Å². The van der Waals surface area contributed by atoms with Crippen LogP contribution < -0.4 is 11.1 Å². The minimum Gasteiger partial charge on any atom is -0.370 e. The molecule has 3 N–H and O–H groups in total. The zero-order valence-electron chi connectivity index (χ0n) is 13.5. The van der Waals surface area contributed by atoms with E-state index in [-0.39, 0.29) is 29.9 Å². The second kappa shape index (κ2) is 11.1. The summed E-state index contributed by atoms with van der Waals surface area (Å²) in [5.74, 6) is 1.09. The zero-order valence-corrected chi connectivity index (χ0v) is 15.8. The summed E-state index contributed by atoms with van der Waals surface area (Å²) in [7, 11) is 3.91. The van der Waals surface area contributed by atoms with E-state index in [4.69, 9.17) is 5.73 Å². The molecular formula is C14H30IN5O. The number of amides is 1. The molecule has 0 radical (unpaired) electrons. The van der Waals surface area contributed by atoms with Crippen LogP contribution >= 0.6 is 24.0 Å². The summed E-state index contributed by atoms with van der Waals surface area (Å²) in [4.78, 5) is 19.9. The predicted octanol–water partition coefficient (Wildman–Crippen LogP) is 0.719. The molecule has 0 aromatic carbocycles. The number of nitrogens with one attached hydrogen (secondary N) is 1. The van der Waals surface area contributed by atoms with Gasteiger partial charge in [0.2, 0.25) is 5.91 Å². The number of nitrogens with two attached hydrogens (primary N) is 1. The maximum Gasteiger partial charge on any atom is 0.217 e. The smallest absolute Gasteiger partial charge is 0.217 e. The van der Waals surface area contributed by atoms with Gasteiger partial charge in [-0.1, -0.05) is 6.92 Å². The molecule has 1 amide bonds. The van der Waals surface area contributed by atoms with E-state index in [0.29, 0.717) is 12.3 Å². The highest BCUT2D eigenvalue weighted by molar-refractivity contribution is 14.0. The van der Waals surface area contributed by atoms with Crippen LogP contribution in [0, 0.1) is 5.92 Å². The van der Waals surface area contributed by atoms with Crippen molar-refractivity contribution in [2.45, 2.75) is 26.2 Å². The van der Waals surface area contributed by atoms with Gasteiger partial charge in [-0.2, -0.15) is 0 Å². The lowest BCUT2D eigenvalue weighted by atomic mass is 9.95. The van der Waals surface area contributed by atoms with Crippen molar-refractivity contribution in [3.05, 3.63) is 0 Å². The molecule has 1 aliphatic rings. The number of nitrogens with zero attached hydrogens (tertiary/aromatic N) is 3. The van der Waals surface area contributed by atoms with Gasteiger partial charge in [0.15, 0.2) is 5.96 Å². The molecule has 0 aromatic rings. The van der Waals surface area contributed by atoms with Gasteiger partial charge in [-0.15, -0.1) is 24.0 Å². The van der Waals surface area contributed by atoms with Gasteiger partial charge in [-0.05, 0) is 32.4 Å². The van der Waals surface area contributed by atoms with Gasteiger partial charge in [-0.25, -0.2) is 0 Å². The molecule has 7 heteroatoms. The lowest BCUT2D eigenvalue weighted by Crippen LogP contribution is -2.48. The lowest BCUT2D eigenvalue weighted by Gasteiger charge is -2.34. The van der Waals surface area contributed by atoms with E-state index in [2.05, 4.69) is 34.1 Å². The summed E-state index contributed by atoms with van der Waals surface area (Å²) in [6.45, 7) is 6.94. The number of rotatable bonds is 6. The predicted molar refractivity (Wildman–Crippen MR) is 98.1 cm³/mol. The van der Waals surface area contributed by atoms with Gasteiger partial charge in [-0.3, -0.25) is 9.79 Å². The van der Waals surface area contributed by atoms with Crippen molar-refractivity contribution in [2.75, 3.05) is 46.8 Å². The van der Waals surface area contributed by atoms with E-state index in [9.17, 15) is 4.79 Å². The molecular weight excluding hydrogens is 381 g/mol. The van der Waals surface area contributed by atoms with Crippen LogP contribution in [0.5, 0.6) is 0 Å². The van der Waals surface area contributed by atoms with Crippen molar-refractivity contribution in [3.8, 4) is 0 Å². The first-order chi connectivity index (χ1) is 9.56. The number of likely N-dealkylation sites (tertiary alicyclic amines) is 1. The molecule has 1 unspecified atom stereocenters. The largest absolute Gasteiger partial charge is 0.370 e. The third-order valence-electron chi connectivity index (χ3n) is 3.84. The lowest BCUT2D eigenvalue weighted by molar-refractivity contribution is -0.119. The number of hydrogen-bond acceptors (Lipinski definition) is 3. The summed E-state index contributed by atoms with van der Waals surface area (Å²) in [5.41, 5.74) is 5.30. The Hall–Kier alpha value is -0.570. The SMILES string of the molecule is CCN(C)CCNC(=NC)N1CCCC(CC(N)=O)C1.I. The normalized spacial score (nSPS) is 19.3. The Morgan fingerprint density at radius 1 is 1.52 bits per heavy atom. The van der Waals surface area contributed by atoms with Crippen LogP contribution in [-0.4, -0.2) is 68.5 Å². The van der Waals surface area contributed by atoms with Crippen LogP contribution in [0.3, 0.4) is 0 Å². The van der Waals surface area contributed by atoms with Crippen LogP contribution in [0.25, 0.3) is 0 Å². The van der Waals surface area contributed by atoms with Crippen LogP contribution in [0.1, 0.15) is 26.2 Å². The van der Waals surface area contributed by atoms with E-state index >= 15 is 0 Å². The van der Waals surface area contributed by atoms with Crippen molar-refractivity contribution in [2.24, 2.45) is 16.6 Å². The molecule has 0 bridgehead atoms. The highest BCUT2D eigenvalue weighted by atomic mass is 127. The van der Waals surface area contributed by atoms with Gasteiger partial charge in [0.05, 0.1) is 0 Å². The molecule has 0 saturated carbocycles. The van der Waals surface area contributed by atoms with E-state index in [1.54, 1.807) is 0 Å². The monoisotopic (exact) mass is 411 g/mol. The number of halogens is 1. The average molecular weight is 411 g/mol. The molecule has 124 valence electrons. The van der Waals surface area contributed by atoms with E-state index < -0.39 is 0 Å². The van der Waals surface area contributed by atoms with Crippen molar-refractivity contribution in [1.82, 2.24) is 15.1 Å². The zero-order chi connectivity index (χ0) is 15.0. The van der Waals surface area contributed by atoms with Crippen molar-refractivity contribution in [1.29, 1.82) is 0 Å². The molecule has 6 nitrogen and oxygen atoms in total. The fourth-order valence-electron chi connectivity index (χ4n) is 2.56. The first-order valence-corrected chi connectivity index (χ1v) is 7.49. The molecule has 0 aliphatic carbocycles. The fraction of sp³-hybridized carbons (Fsp3) is 0.857. The second-order valence-corrected chi connectivity index (χ2v) is 5.49. The first kappa shape index (κ1) is 20.4. The number of aliphatic imine (C=N–C) groups is 1. The molecule has 1 rings (SSSR count). The minimum atomic E-state index is -0.204. The van der Waals surface area contributed by atoms with Gasteiger partial charge in [0, 0.05) is 39.6 Å². The number of carbonyl (C=O) groups excluding carboxylic acids is 1. The maximum absolute atomic E-state index is 11.0. The number of guanidine groups is 1. The van der Waals surface area contributed by atoms with Crippen molar-refractivity contribution < 1.29 is 4.79 Å². The van der Waals surface area contributed by atoms with Crippen LogP contribution in [0.2, 0.25) is 0 Å². The summed E-state index contributed by atoms with van der Waals surface area (Å²) in [6.07, 6.45) is 2.65. The molecule has 1 atom stereocenters. The van der Waals surface area contributed by atoms with E-state index in [0.717, 1.165) is 51.5 Å². The van der Waals surface area contributed by atoms with Crippen LogP contribution in [0.15, 0.2) is 4.99 Å². The quantitative estimate of drug-likeness (QED) is 0.384. The molecule has 21 heavy (non-hydrogen) atoms. The van der Waals surface area contributed by atoms with Crippen LogP contribution in [-0.2, 0) is 4.79 Å². The minimum absolute atomic E-state index is 0. The number of hydrogen-bond donors (Lipinski definition) is 2. The highest BCUT2D eigenvalue weighted by Gasteiger charge is 2.23. The molecule has 1 saturated heterocycles. The maximum atomic E-state index is 11.0. The van der Waals surface area contributed by atoms with Crippen LogP contribution in [0.4, 0.5) is 0 Å². The Bertz CT molecular complexity index is 337. The third kappa shape index (κ3) is 7.85. The average Bonchev–Trinajstić information content (AvgIpc) is 2.43. The van der Waals surface area contributed by atoms with Crippen molar-refractivity contribution >= 4 is 35.8 Å². The topological polar surface area (TPSA) is 74.0 Å². The molecule has 1 aliphatic heterocycles. The number of likely N-dealkylation sites (N-methyl/N-ethyl adjacent to an activating group) is 1. The Labute approximate surface area is 145 Å². The highest BCUT2D eigenvalue weighted by Crippen LogP contribution is 2.19. The van der Waals surface area contributed by atoms with Gasteiger partial charge >= 0.3 is 0 Å². The van der Waals surface area contributed by atoms with E-state index in [1.165, 1.54) is 0 Å². The molecule has 1 fully saturated rings.